The van der Waals surface area contributed by atoms with Gasteiger partial charge in [-0.2, -0.15) is 0 Å². The van der Waals surface area contributed by atoms with Gasteiger partial charge in [-0.3, -0.25) is 4.79 Å². The number of aromatic carboxylic acids is 2. The van der Waals surface area contributed by atoms with Gasteiger partial charge in [0.05, 0.1) is 11.1 Å². The summed E-state index contributed by atoms with van der Waals surface area (Å²) in [6.45, 7) is 1.08. The summed E-state index contributed by atoms with van der Waals surface area (Å²) in [6, 6.07) is 5.02. The Kier molecular flexibility index (Phi) is 9.26. The molecule has 0 heterocycles. The molecule has 0 spiro atoms. The van der Waals surface area contributed by atoms with E-state index in [4.69, 9.17) is 20.1 Å². The maximum Gasteiger partial charge on any atom is 1.00 e. The Morgan fingerprint density at radius 3 is 1.18 bits per heavy atom. The molecule has 0 unspecified atom stereocenters. The maximum absolute atomic E-state index is 10.3. The van der Waals surface area contributed by atoms with Gasteiger partial charge in [-0.05, 0) is 24.3 Å². The van der Waals surface area contributed by atoms with Crippen molar-refractivity contribution in [3.63, 3.8) is 0 Å². The number of hydrogen-bond acceptors (Lipinski definition) is 3. The van der Waals surface area contributed by atoms with Gasteiger partial charge in [0.2, 0.25) is 0 Å². The Morgan fingerprint density at radius 1 is 0.882 bits per heavy atom. The SMILES string of the molecule is CC(=O)O.O=C(O)c1ccc(C(=O)O)cc1.[H-].[Na+]. The second kappa shape index (κ2) is 8.74. The van der Waals surface area contributed by atoms with Gasteiger partial charge in [-0.1, -0.05) is 0 Å². The van der Waals surface area contributed by atoms with Crippen LogP contribution < -0.4 is 29.6 Å². The van der Waals surface area contributed by atoms with Crippen LogP contribution >= 0.6 is 0 Å². The molecule has 0 saturated heterocycles. The van der Waals surface area contributed by atoms with E-state index in [1.54, 1.807) is 0 Å². The summed E-state index contributed by atoms with van der Waals surface area (Å²) in [7, 11) is 0. The van der Waals surface area contributed by atoms with Crippen LogP contribution in [0.4, 0.5) is 0 Å². The zero-order valence-corrected chi connectivity index (χ0v) is 11.4. The normalized spacial score (nSPS) is 8.06. The number of hydrogen-bond donors (Lipinski definition) is 3. The fourth-order valence-electron chi connectivity index (χ4n) is 0.755. The van der Waals surface area contributed by atoms with Gasteiger partial charge in [0.15, 0.2) is 0 Å². The summed E-state index contributed by atoms with van der Waals surface area (Å²) in [5.74, 6) is -2.96. The van der Waals surface area contributed by atoms with Crippen molar-refractivity contribution in [1.82, 2.24) is 0 Å². The molecule has 0 aliphatic carbocycles. The Balaban J connectivity index is -0.000000332. The fraction of sp³-hybridized carbons (Fsp3) is 0.100. The van der Waals surface area contributed by atoms with Crippen LogP contribution in [0.25, 0.3) is 0 Å². The maximum atomic E-state index is 10.3. The third-order valence-corrected chi connectivity index (χ3v) is 1.38. The predicted molar refractivity (Wildman–Crippen MR) is 54.8 cm³/mol. The smallest absolute Gasteiger partial charge is 1.00 e. The number of rotatable bonds is 2. The number of benzene rings is 1. The first kappa shape index (κ1) is 18.0. The van der Waals surface area contributed by atoms with E-state index >= 15 is 0 Å². The van der Waals surface area contributed by atoms with Crippen LogP contribution in [0.1, 0.15) is 29.1 Å². The van der Waals surface area contributed by atoms with Crippen LogP contribution in [0.5, 0.6) is 0 Å². The molecular weight excluding hydrogens is 239 g/mol. The van der Waals surface area contributed by atoms with E-state index in [1.165, 1.54) is 24.3 Å². The van der Waals surface area contributed by atoms with Gasteiger partial charge >= 0.3 is 41.5 Å². The van der Waals surface area contributed by atoms with E-state index in [0.717, 1.165) is 6.92 Å². The molecule has 3 N–H and O–H groups in total. The summed E-state index contributed by atoms with van der Waals surface area (Å²) >= 11 is 0. The summed E-state index contributed by atoms with van der Waals surface area (Å²) in [5, 5.41) is 24.4. The van der Waals surface area contributed by atoms with Crippen molar-refractivity contribution in [2.24, 2.45) is 0 Å². The van der Waals surface area contributed by atoms with Gasteiger partial charge in [0.25, 0.3) is 5.97 Å². The quantitative estimate of drug-likeness (QED) is 0.539. The molecule has 17 heavy (non-hydrogen) atoms. The molecule has 0 aromatic heterocycles. The molecule has 7 heteroatoms. The first-order valence-corrected chi connectivity index (χ1v) is 4.10. The molecule has 0 saturated carbocycles. The van der Waals surface area contributed by atoms with E-state index < -0.39 is 17.9 Å². The van der Waals surface area contributed by atoms with E-state index in [2.05, 4.69) is 0 Å². The third kappa shape index (κ3) is 8.44. The topological polar surface area (TPSA) is 112 Å². The number of aliphatic carboxylic acids is 1. The minimum Gasteiger partial charge on any atom is -1.00 e. The van der Waals surface area contributed by atoms with Crippen molar-refractivity contribution in [3.05, 3.63) is 35.4 Å². The molecule has 0 aliphatic rings. The Bertz CT molecular complexity index is 366. The molecule has 1 aromatic rings. The predicted octanol–water partition coefficient (Wildman–Crippen LogP) is -1.71. The second-order valence-electron chi connectivity index (χ2n) is 2.71. The molecule has 0 amide bonds. The monoisotopic (exact) mass is 250 g/mol. The molecule has 0 radical (unpaired) electrons. The van der Waals surface area contributed by atoms with E-state index in [-0.39, 0.29) is 42.1 Å². The molecule has 0 atom stereocenters. The first-order chi connectivity index (χ1) is 7.34. The van der Waals surface area contributed by atoms with Crippen LogP contribution in [0.3, 0.4) is 0 Å². The van der Waals surface area contributed by atoms with E-state index in [9.17, 15) is 9.59 Å². The Hall–Kier alpha value is -1.37. The Labute approximate surface area is 121 Å². The van der Waals surface area contributed by atoms with Crippen molar-refractivity contribution in [3.8, 4) is 0 Å². The van der Waals surface area contributed by atoms with Crippen molar-refractivity contribution in [1.29, 1.82) is 0 Å². The number of carboxylic acids is 3. The van der Waals surface area contributed by atoms with Crippen molar-refractivity contribution >= 4 is 17.9 Å². The third-order valence-electron chi connectivity index (χ3n) is 1.38. The first-order valence-electron chi connectivity index (χ1n) is 4.10. The van der Waals surface area contributed by atoms with Crippen molar-refractivity contribution < 1.29 is 60.7 Å². The summed E-state index contributed by atoms with van der Waals surface area (Å²) in [5.41, 5.74) is 0.167. The number of carbonyl (C=O) groups is 3. The minimum atomic E-state index is -1.06. The summed E-state index contributed by atoms with van der Waals surface area (Å²) < 4.78 is 0. The van der Waals surface area contributed by atoms with Gasteiger partial charge in [-0.25, -0.2) is 9.59 Å². The molecular formula is C10H11NaO6. The molecule has 1 aromatic carbocycles. The zero-order chi connectivity index (χ0) is 12.7. The largest absolute Gasteiger partial charge is 1.00 e. The number of carboxylic acid groups (broad SMARTS) is 3. The van der Waals surface area contributed by atoms with Gasteiger partial charge in [-0.15, -0.1) is 0 Å². The molecule has 0 aliphatic heterocycles. The molecule has 88 valence electrons. The standard InChI is InChI=1S/C8H6O4.C2H4O2.Na.H/c9-7(10)5-1-2-6(4-3-5)8(11)12;1-2(3)4;;/h1-4H,(H,9,10)(H,11,12);1H3,(H,3,4);;/q;;+1;-1. The summed E-state index contributed by atoms with van der Waals surface area (Å²) in [4.78, 5) is 29.7. The van der Waals surface area contributed by atoms with Crippen LogP contribution in [0.2, 0.25) is 0 Å². The van der Waals surface area contributed by atoms with E-state index in [1.807, 2.05) is 0 Å². The minimum absolute atomic E-state index is 0. The molecule has 0 bridgehead atoms. The second-order valence-corrected chi connectivity index (χ2v) is 2.71. The Morgan fingerprint density at radius 2 is 1.06 bits per heavy atom. The van der Waals surface area contributed by atoms with Crippen LogP contribution in [-0.2, 0) is 4.79 Å². The summed E-state index contributed by atoms with van der Waals surface area (Å²) in [6.07, 6.45) is 0. The molecule has 0 fully saturated rings. The van der Waals surface area contributed by atoms with Crippen LogP contribution in [0.15, 0.2) is 24.3 Å². The van der Waals surface area contributed by atoms with Crippen molar-refractivity contribution in [2.75, 3.05) is 0 Å². The average molecular weight is 250 g/mol. The molecule has 6 nitrogen and oxygen atoms in total. The fourth-order valence-corrected chi connectivity index (χ4v) is 0.755. The zero-order valence-electron chi connectivity index (χ0n) is 10.4. The van der Waals surface area contributed by atoms with Crippen molar-refractivity contribution in [2.45, 2.75) is 6.92 Å². The van der Waals surface area contributed by atoms with E-state index in [0.29, 0.717) is 0 Å². The van der Waals surface area contributed by atoms with Crippen LogP contribution in [-0.4, -0.2) is 33.2 Å². The molecule has 1 rings (SSSR count). The van der Waals surface area contributed by atoms with Gasteiger partial charge < -0.3 is 16.7 Å². The van der Waals surface area contributed by atoms with Crippen LogP contribution in [0, 0.1) is 0 Å². The van der Waals surface area contributed by atoms with Gasteiger partial charge in [0, 0.05) is 6.92 Å². The average Bonchev–Trinajstić information content (AvgIpc) is 2.17. The van der Waals surface area contributed by atoms with Gasteiger partial charge in [0.1, 0.15) is 0 Å².